The molecule has 2 fully saturated rings. The zero-order valence-electron chi connectivity index (χ0n) is 15.2. The van der Waals surface area contributed by atoms with E-state index in [0.717, 1.165) is 50.9 Å². The Kier molecular flexibility index (Phi) is 6.07. The minimum Gasteiger partial charge on any atom is -0.356 e. The fourth-order valence-electron chi connectivity index (χ4n) is 3.62. The Morgan fingerprint density at radius 3 is 2.79 bits per heavy atom. The lowest BCUT2D eigenvalue weighted by atomic mass is 10.2. The highest BCUT2D eigenvalue weighted by Gasteiger charge is 2.23. The molecule has 0 bridgehead atoms. The molecular formula is C19H31N5. The first-order valence-electron chi connectivity index (χ1n) is 9.43. The molecule has 0 aromatic carbocycles. The summed E-state index contributed by atoms with van der Waals surface area (Å²) < 4.78 is 0. The van der Waals surface area contributed by atoms with Crippen molar-refractivity contribution < 1.29 is 0 Å². The van der Waals surface area contributed by atoms with E-state index in [0.29, 0.717) is 6.04 Å². The smallest absolute Gasteiger partial charge is 0.224 e. The largest absolute Gasteiger partial charge is 0.356 e. The van der Waals surface area contributed by atoms with Gasteiger partial charge in [0.1, 0.15) is 5.82 Å². The number of aromatic nitrogens is 2. The van der Waals surface area contributed by atoms with Crippen LogP contribution in [0.1, 0.15) is 46.0 Å². The van der Waals surface area contributed by atoms with Gasteiger partial charge in [-0.15, -0.1) is 0 Å². The van der Waals surface area contributed by atoms with Crippen molar-refractivity contribution in [2.45, 2.75) is 52.0 Å². The Bertz CT molecular complexity index is 548. The average Bonchev–Trinajstić information content (AvgIpc) is 2.86. The van der Waals surface area contributed by atoms with E-state index in [1.807, 2.05) is 12.3 Å². The molecule has 5 heteroatoms. The number of nitrogens with one attached hydrogen (secondary N) is 1. The van der Waals surface area contributed by atoms with Crippen LogP contribution in [0.5, 0.6) is 0 Å². The third-order valence-electron chi connectivity index (χ3n) is 5.14. The maximum Gasteiger partial charge on any atom is 0.224 e. The molecule has 1 aromatic heterocycles. The van der Waals surface area contributed by atoms with Crippen molar-refractivity contribution in [3.8, 4) is 0 Å². The van der Waals surface area contributed by atoms with Gasteiger partial charge in [-0.3, -0.25) is 4.90 Å². The quantitative estimate of drug-likeness (QED) is 0.840. The Morgan fingerprint density at radius 2 is 2.04 bits per heavy atom. The Labute approximate surface area is 146 Å². The standard InChI is InChI=1S/C19H31N5/c1-3-16(2)14-23-13-9-17(15-23)21-19-20-10-8-18(22-19)24-11-6-4-5-7-12-24/h3,8,10,17H,4-7,9,11-15H2,1-2H3,(H,20,21,22)/b16-3+. The fraction of sp³-hybridized carbons (Fsp3) is 0.684. The zero-order valence-corrected chi connectivity index (χ0v) is 15.2. The summed E-state index contributed by atoms with van der Waals surface area (Å²) in [4.78, 5) is 14.1. The van der Waals surface area contributed by atoms with Gasteiger partial charge < -0.3 is 10.2 Å². The first kappa shape index (κ1) is 17.2. The number of hydrogen-bond donors (Lipinski definition) is 1. The SMILES string of the molecule is C/C=C(\C)CN1CCC(Nc2nccc(N3CCCCCC3)n2)C1. The molecule has 1 atom stereocenters. The van der Waals surface area contributed by atoms with E-state index in [4.69, 9.17) is 4.98 Å². The number of likely N-dealkylation sites (tertiary alicyclic amines) is 1. The maximum absolute atomic E-state index is 4.78. The van der Waals surface area contributed by atoms with E-state index in [2.05, 4.69) is 40.0 Å². The van der Waals surface area contributed by atoms with Crippen LogP contribution >= 0.6 is 0 Å². The average molecular weight is 329 g/mol. The predicted molar refractivity (Wildman–Crippen MR) is 101 cm³/mol. The molecule has 2 aliphatic heterocycles. The molecule has 0 amide bonds. The van der Waals surface area contributed by atoms with E-state index in [-0.39, 0.29) is 0 Å². The van der Waals surface area contributed by atoms with Gasteiger partial charge in [-0.25, -0.2) is 4.98 Å². The summed E-state index contributed by atoms with van der Waals surface area (Å²) in [5.41, 5.74) is 1.44. The maximum atomic E-state index is 4.78. The summed E-state index contributed by atoms with van der Waals surface area (Å²) in [6, 6.07) is 2.50. The van der Waals surface area contributed by atoms with E-state index in [1.165, 1.54) is 31.3 Å². The van der Waals surface area contributed by atoms with Crippen molar-refractivity contribution in [3.63, 3.8) is 0 Å². The van der Waals surface area contributed by atoms with Crippen LogP contribution in [-0.4, -0.2) is 53.6 Å². The molecule has 0 radical (unpaired) electrons. The Balaban J connectivity index is 1.57. The van der Waals surface area contributed by atoms with Crippen LogP contribution in [0.25, 0.3) is 0 Å². The van der Waals surface area contributed by atoms with Crippen molar-refractivity contribution in [1.82, 2.24) is 14.9 Å². The third-order valence-corrected chi connectivity index (χ3v) is 5.14. The molecule has 5 nitrogen and oxygen atoms in total. The molecule has 1 aromatic rings. The highest BCUT2D eigenvalue weighted by atomic mass is 15.3. The van der Waals surface area contributed by atoms with Gasteiger partial charge in [-0.2, -0.15) is 4.98 Å². The molecule has 1 unspecified atom stereocenters. The number of nitrogens with zero attached hydrogens (tertiary/aromatic N) is 4. The summed E-state index contributed by atoms with van der Waals surface area (Å²) in [7, 11) is 0. The van der Waals surface area contributed by atoms with Gasteiger partial charge in [0, 0.05) is 45.0 Å². The van der Waals surface area contributed by atoms with Crippen molar-refractivity contribution in [2.24, 2.45) is 0 Å². The lowest BCUT2D eigenvalue weighted by Crippen LogP contribution is -2.29. The highest BCUT2D eigenvalue weighted by molar-refractivity contribution is 5.43. The number of hydrogen-bond acceptors (Lipinski definition) is 5. The monoisotopic (exact) mass is 329 g/mol. The van der Waals surface area contributed by atoms with Gasteiger partial charge in [-0.05, 0) is 39.2 Å². The minimum atomic E-state index is 0.453. The molecule has 0 aliphatic carbocycles. The highest BCUT2D eigenvalue weighted by Crippen LogP contribution is 2.19. The fourth-order valence-corrected chi connectivity index (χ4v) is 3.62. The van der Waals surface area contributed by atoms with Gasteiger partial charge in [0.05, 0.1) is 0 Å². The first-order valence-corrected chi connectivity index (χ1v) is 9.43. The van der Waals surface area contributed by atoms with Gasteiger partial charge in [-0.1, -0.05) is 24.5 Å². The van der Waals surface area contributed by atoms with Crippen LogP contribution in [0, 0.1) is 0 Å². The van der Waals surface area contributed by atoms with Gasteiger partial charge in [0.2, 0.25) is 5.95 Å². The summed E-state index contributed by atoms with van der Waals surface area (Å²) in [6.45, 7) is 9.85. The topological polar surface area (TPSA) is 44.3 Å². The first-order chi connectivity index (χ1) is 11.7. The van der Waals surface area contributed by atoms with E-state index >= 15 is 0 Å². The summed E-state index contributed by atoms with van der Waals surface area (Å²) in [6.07, 6.45) is 10.5. The van der Waals surface area contributed by atoms with Crippen molar-refractivity contribution in [2.75, 3.05) is 42.9 Å². The molecule has 0 spiro atoms. The normalized spacial score (nSPS) is 23.3. The molecule has 24 heavy (non-hydrogen) atoms. The Hall–Kier alpha value is -1.62. The van der Waals surface area contributed by atoms with E-state index in [9.17, 15) is 0 Å². The second-order valence-corrected chi connectivity index (χ2v) is 7.14. The summed E-state index contributed by atoms with van der Waals surface area (Å²) in [5.74, 6) is 1.86. The minimum absolute atomic E-state index is 0.453. The molecule has 3 heterocycles. The summed E-state index contributed by atoms with van der Waals surface area (Å²) in [5, 5.41) is 3.55. The Morgan fingerprint density at radius 1 is 1.25 bits per heavy atom. The number of rotatable bonds is 5. The second-order valence-electron chi connectivity index (χ2n) is 7.14. The van der Waals surface area contributed by atoms with E-state index < -0.39 is 0 Å². The summed E-state index contributed by atoms with van der Waals surface area (Å²) >= 11 is 0. The number of allylic oxidation sites excluding steroid dienone is 1. The van der Waals surface area contributed by atoms with E-state index in [1.54, 1.807) is 0 Å². The van der Waals surface area contributed by atoms with Crippen LogP contribution in [0.4, 0.5) is 11.8 Å². The molecular weight excluding hydrogens is 298 g/mol. The van der Waals surface area contributed by atoms with Crippen molar-refractivity contribution in [1.29, 1.82) is 0 Å². The molecule has 132 valence electrons. The molecule has 1 N–H and O–H groups in total. The van der Waals surface area contributed by atoms with Crippen LogP contribution < -0.4 is 10.2 Å². The van der Waals surface area contributed by atoms with Gasteiger partial charge in [0.15, 0.2) is 0 Å². The molecule has 2 aliphatic rings. The van der Waals surface area contributed by atoms with Gasteiger partial charge >= 0.3 is 0 Å². The van der Waals surface area contributed by atoms with Gasteiger partial charge in [0.25, 0.3) is 0 Å². The zero-order chi connectivity index (χ0) is 16.8. The molecule has 3 rings (SSSR count). The molecule has 0 saturated carbocycles. The predicted octanol–water partition coefficient (Wildman–Crippen LogP) is 3.31. The van der Waals surface area contributed by atoms with Crippen molar-refractivity contribution >= 4 is 11.8 Å². The lowest BCUT2D eigenvalue weighted by Gasteiger charge is -2.22. The third kappa shape index (κ3) is 4.69. The van der Waals surface area contributed by atoms with Crippen LogP contribution in [0.3, 0.4) is 0 Å². The second kappa shape index (κ2) is 8.47. The lowest BCUT2D eigenvalue weighted by molar-refractivity contribution is 0.365. The molecule has 2 saturated heterocycles. The van der Waals surface area contributed by atoms with Crippen LogP contribution in [0.15, 0.2) is 23.9 Å². The van der Waals surface area contributed by atoms with Crippen LogP contribution in [0.2, 0.25) is 0 Å². The van der Waals surface area contributed by atoms with Crippen molar-refractivity contribution in [3.05, 3.63) is 23.9 Å². The number of anilines is 2. The van der Waals surface area contributed by atoms with Crippen LogP contribution in [-0.2, 0) is 0 Å².